The molecule has 1 unspecified atom stereocenters. The Balaban J connectivity index is 2.59. The van der Waals surface area contributed by atoms with Gasteiger partial charge in [-0.15, -0.1) is 0 Å². The van der Waals surface area contributed by atoms with Crippen LogP contribution in [0.1, 0.15) is 6.42 Å². The summed E-state index contributed by atoms with van der Waals surface area (Å²) in [5.74, 6) is 0. The summed E-state index contributed by atoms with van der Waals surface area (Å²) < 4.78 is 13.2. The van der Waals surface area contributed by atoms with E-state index in [2.05, 4.69) is 15.9 Å². The highest BCUT2D eigenvalue weighted by atomic mass is 79.9. The van der Waals surface area contributed by atoms with Crippen molar-refractivity contribution in [1.82, 2.24) is 0 Å². The Morgan fingerprint density at radius 1 is 1.75 bits per heavy atom. The molecule has 0 bridgehead atoms. The predicted molar refractivity (Wildman–Crippen MR) is 35.7 cm³/mol. The van der Waals surface area contributed by atoms with Crippen molar-refractivity contribution in [3.8, 4) is 0 Å². The molecule has 0 heterocycles. The number of alkyl halides is 1. The topological polar surface area (TPSA) is 0 Å². The maximum atomic E-state index is 12.3. The quantitative estimate of drug-likeness (QED) is 0.533. The Labute approximate surface area is 56.2 Å². The molecule has 1 aliphatic carbocycles. The summed E-state index contributed by atoms with van der Waals surface area (Å²) in [5, 5.41) is 0. The smallest absolute Gasteiger partial charge is 0.123 e. The van der Waals surface area contributed by atoms with Gasteiger partial charge in [0.25, 0.3) is 0 Å². The van der Waals surface area contributed by atoms with E-state index in [-0.39, 0.29) is 0 Å². The Hall–Kier alpha value is -0.110. The zero-order valence-electron chi connectivity index (χ0n) is 4.27. The molecular weight excluding hydrogens is 171 g/mol. The van der Waals surface area contributed by atoms with Crippen molar-refractivity contribution < 1.29 is 4.39 Å². The van der Waals surface area contributed by atoms with Gasteiger partial charge in [-0.3, -0.25) is 0 Å². The zero-order valence-corrected chi connectivity index (χ0v) is 5.86. The summed E-state index contributed by atoms with van der Waals surface area (Å²) in [6, 6.07) is 0. The average Bonchev–Trinajstić information content (AvgIpc) is 1.64. The SMILES string of the molecule is FC1C=CC=C(Br)C1. The molecular formula is C6H6BrF. The van der Waals surface area contributed by atoms with Crippen LogP contribution in [0.4, 0.5) is 4.39 Å². The van der Waals surface area contributed by atoms with E-state index >= 15 is 0 Å². The molecule has 8 heavy (non-hydrogen) atoms. The molecule has 0 aromatic rings. The van der Waals surface area contributed by atoms with Crippen molar-refractivity contribution in [2.75, 3.05) is 0 Å². The third-order valence-corrected chi connectivity index (χ3v) is 1.58. The minimum atomic E-state index is -0.783. The van der Waals surface area contributed by atoms with Crippen molar-refractivity contribution in [3.63, 3.8) is 0 Å². The first-order valence-electron chi connectivity index (χ1n) is 2.46. The molecule has 1 atom stereocenters. The average molecular weight is 177 g/mol. The Morgan fingerprint density at radius 2 is 2.50 bits per heavy atom. The first-order chi connectivity index (χ1) is 3.79. The van der Waals surface area contributed by atoms with Crippen LogP contribution in [0.5, 0.6) is 0 Å². The maximum absolute atomic E-state index is 12.3. The standard InChI is InChI=1S/C6H6BrF/c7-5-2-1-3-6(8)4-5/h1-3,6H,4H2. The second-order valence-electron chi connectivity index (χ2n) is 1.72. The Kier molecular flexibility index (Phi) is 1.84. The molecule has 0 aromatic heterocycles. The third-order valence-electron chi connectivity index (χ3n) is 0.987. The first-order valence-corrected chi connectivity index (χ1v) is 3.25. The van der Waals surface area contributed by atoms with Crippen molar-refractivity contribution in [2.45, 2.75) is 12.6 Å². The second-order valence-corrected chi connectivity index (χ2v) is 2.74. The highest BCUT2D eigenvalue weighted by Gasteiger charge is 2.05. The van der Waals surface area contributed by atoms with E-state index < -0.39 is 6.17 Å². The molecule has 1 rings (SSSR count). The molecule has 0 amide bonds. The molecule has 0 saturated carbocycles. The summed E-state index contributed by atoms with van der Waals surface area (Å²) in [6.45, 7) is 0. The number of hydrogen-bond donors (Lipinski definition) is 0. The molecule has 0 N–H and O–H groups in total. The monoisotopic (exact) mass is 176 g/mol. The third kappa shape index (κ3) is 1.44. The van der Waals surface area contributed by atoms with Gasteiger partial charge in [-0.25, -0.2) is 4.39 Å². The summed E-state index contributed by atoms with van der Waals surface area (Å²) in [5.41, 5.74) is 0. The van der Waals surface area contributed by atoms with Gasteiger partial charge in [0, 0.05) is 6.42 Å². The summed E-state index contributed by atoms with van der Waals surface area (Å²) >= 11 is 3.20. The van der Waals surface area contributed by atoms with Crippen LogP contribution >= 0.6 is 15.9 Å². The first kappa shape index (κ1) is 6.02. The number of rotatable bonds is 0. The van der Waals surface area contributed by atoms with Gasteiger partial charge < -0.3 is 0 Å². The number of hydrogen-bond acceptors (Lipinski definition) is 0. The summed E-state index contributed by atoms with van der Waals surface area (Å²) in [6.07, 6.45) is 4.84. The van der Waals surface area contributed by atoms with E-state index in [0.29, 0.717) is 6.42 Å². The molecule has 0 saturated heterocycles. The summed E-state index contributed by atoms with van der Waals surface area (Å²) in [4.78, 5) is 0. The van der Waals surface area contributed by atoms with Crippen LogP contribution < -0.4 is 0 Å². The molecule has 0 fully saturated rings. The van der Waals surface area contributed by atoms with Crippen LogP contribution in [0, 0.1) is 0 Å². The second kappa shape index (κ2) is 2.44. The molecule has 0 spiro atoms. The highest BCUT2D eigenvalue weighted by molar-refractivity contribution is 9.11. The van der Waals surface area contributed by atoms with E-state index in [1.165, 1.54) is 0 Å². The molecule has 0 radical (unpaired) electrons. The van der Waals surface area contributed by atoms with Crippen molar-refractivity contribution in [1.29, 1.82) is 0 Å². The fraction of sp³-hybridized carbons (Fsp3) is 0.333. The number of halogens is 2. The lowest BCUT2D eigenvalue weighted by atomic mass is 10.2. The van der Waals surface area contributed by atoms with Gasteiger partial charge in [0.1, 0.15) is 6.17 Å². The van der Waals surface area contributed by atoms with Gasteiger partial charge in [-0.2, -0.15) is 0 Å². The molecule has 2 heteroatoms. The van der Waals surface area contributed by atoms with Crippen molar-refractivity contribution in [3.05, 3.63) is 22.7 Å². The lowest BCUT2D eigenvalue weighted by Crippen LogP contribution is -1.96. The predicted octanol–water partition coefficient (Wildman–Crippen LogP) is 2.56. The van der Waals surface area contributed by atoms with Crippen LogP contribution in [0.3, 0.4) is 0 Å². The van der Waals surface area contributed by atoms with Crippen LogP contribution in [-0.2, 0) is 0 Å². The van der Waals surface area contributed by atoms with E-state index in [9.17, 15) is 4.39 Å². The molecule has 0 aliphatic heterocycles. The fourth-order valence-corrected chi connectivity index (χ4v) is 1.06. The van der Waals surface area contributed by atoms with Crippen LogP contribution in [0.25, 0.3) is 0 Å². The zero-order chi connectivity index (χ0) is 5.98. The summed E-state index contributed by atoms with van der Waals surface area (Å²) in [7, 11) is 0. The van der Waals surface area contributed by atoms with Crippen molar-refractivity contribution >= 4 is 15.9 Å². The van der Waals surface area contributed by atoms with E-state index in [4.69, 9.17) is 0 Å². The van der Waals surface area contributed by atoms with Gasteiger partial charge in [0.15, 0.2) is 0 Å². The molecule has 44 valence electrons. The number of allylic oxidation sites excluding steroid dienone is 4. The van der Waals surface area contributed by atoms with Gasteiger partial charge in [0.05, 0.1) is 0 Å². The lowest BCUT2D eigenvalue weighted by molar-refractivity contribution is 0.400. The largest absolute Gasteiger partial charge is 0.243 e. The van der Waals surface area contributed by atoms with Gasteiger partial charge >= 0.3 is 0 Å². The molecule has 0 nitrogen and oxygen atoms in total. The van der Waals surface area contributed by atoms with Gasteiger partial charge in [-0.1, -0.05) is 34.2 Å². The van der Waals surface area contributed by atoms with Crippen LogP contribution in [-0.4, -0.2) is 6.17 Å². The van der Waals surface area contributed by atoms with Crippen LogP contribution in [0.15, 0.2) is 22.7 Å². The molecule has 1 aliphatic rings. The van der Waals surface area contributed by atoms with E-state index in [1.54, 1.807) is 12.2 Å². The van der Waals surface area contributed by atoms with Crippen LogP contribution in [0.2, 0.25) is 0 Å². The minimum absolute atomic E-state index is 0.497. The highest BCUT2D eigenvalue weighted by Crippen LogP contribution is 2.19. The maximum Gasteiger partial charge on any atom is 0.123 e. The lowest BCUT2D eigenvalue weighted by Gasteiger charge is -2.04. The fourth-order valence-electron chi connectivity index (χ4n) is 0.603. The minimum Gasteiger partial charge on any atom is -0.243 e. The van der Waals surface area contributed by atoms with Gasteiger partial charge in [-0.05, 0) is 4.48 Å². The molecule has 0 aromatic carbocycles. The Bertz CT molecular complexity index is 137. The normalized spacial score (nSPS) is 27.8. The van der Waals surface area contributed by atoms with E-state index in [0.717, 1.165) is 4.48 Å². The van der Waals surface area contributed by atoms with Crippen molar-refractivity contribution in [2.24, 2.45) is 0 Å². The Morgan fingerprint density at radius 3 is 2.88 bits per heavy atom. The van der Waals surface area contributed by atoms with E-state index in [1.807, 2.05) is 6.08 Å². The van der Waals surface area contributed by atoms with Gasteiger partial charge in [0.2, 0.25) is 0 Å².